The zero-order chi connectivity index (χ0) is 8.27. The van der Waals surface area contributed by atoms with Crippen molar-refractivity contribution >= 4 is 5.97 Å². The molecule has 0 aromatic carbocycles. The second kappa shape index (κ2) is 5.27. The van der Waals surface area contributed by atoms with Crippen molar-refractivity contribution in [1.29, 1.82) is 0 Å². The van der Waals surface area contributed by atoms with Crippen LogP contribution in [0.4, 0.5) is 0 Å². The van der Waals surface area contributed by atoms with Gasteiger partial charge < -0.3 is 15.6 Å². The van der Waals surface area contributed by atoms with Gasteiger partial charge in [0.2, 0.25) is 0 Å². The first-order chi connectivity index (χ1) is 5.22. The van der Waals surface area contributed by atoms with Gasteiger partial charge in [0, 0.05) is 12.4 Å². The van der Waals surface area contributed by atoms with Gasteiger partial charge in [-0.3, -0.25) is 4.98 Å². The third-order valence-corrected chi connectivity index (χ3v) is 1.32. The van der Waals surface area contributed by atoms with E-state index >= 15 is 0 Å². The van der Waals surface area contributed by atoms with E-state index in [9.17, 15) is 9.90 Å². The summed E-state index contributed by atoms with van der Waals surface area (Å²) in [5.74, 6) is -1.28. The van der Waals surface area contributed by atoms with Crippen LogP contribution in [0.25, 0.3) is 0 Å². The van der Waals surface area contributed by atoms with Gasteiger partial charge in [-0.2, -0.15) is 0 Å². The van der Waals surface area contributed by atoms with Crippen molar-refractivity contribution in [3.8, 4) is 0 Å². The number of nitrogens with zero attached hydrogens (tertiary/aromatic N) is 1. The third-order valence-electron chi connectivity index (χ3n) is 1.32. The molecule has 0 fully saturated rings. The third kappa shape index (κ3) is 2.91. The molecule has 0 aliphatic rings. The molecule has 1 unspecified atom stereocenters. The van der Waals surface area contributed by atoms with Crippen LogP contribution in [0.2, 0.25) is 0 Å². The summed E-state index contributed by atoms with van der Waals surface area (Å²) in [5.41, 5.74) is 5.75. The maximum atomic E-state index is 10.2. The van der Waals surface area contributed by atoms with Gasteiger partial charge in [-0.15, -0.1) is 0 Å². The first-order valence-electron chi connectivity index (χ1n) is 3.08. The number of carbonyl (C=O) groups excluding carboxylic acids is 1. The van der Waals surface area contributed by atoms with E-state index in [-0.39, 0.29) is 29.6 Å². The molecule has 58 valence electrons. The van der Waals surface area contributed by atoms with Crippen molar-refractivity contribution in [2.75, 3.05) is 0 Å². The van der Waals surface area contributed by atoms with Crippen LogP contribution in [0, 0.1) is 0 Å². The molecular weight excluding hydrogens is 167 g/mol. The Bertz CT molecular complexity index is 253. The molecule has 0 aliphatic heterocycles. The Labute approximate surface area is 92.1 Å². The van der Waals surface area contributed by atoms with Gasteiger partial charge >= 0.3 is 29.6 Å². The smallest absolute Gasteiger partial charge is 0.548 e. The van der Waals surface area contributed by atoms with Crippen LogP contribution < -0.4 is 40.4 Å². The molecular formula is C7H7N2NaO2. The molecule has 0 aliphatic carbocycles. The number of pyridine rings is 1. The van der Waals surface area contributed by atoms with Gasteiger partial charge in [0.1, 0.15) is 0 Å². The Balaban J connectivity index is 0.00000121. The predicted octanol–water partition coefficient (Wildman–Crippen LogP) is -4.16. The number of carboxylic acids is 1. The molecule has 0 amide bonds. The van der Waals surface area contributed by atoms with E-state index in [2.05, 4.69) is 4.98 Å². The minimum atomic E-state index is -1.28. The zero-order valence-corrected chi connectivity index (χ0v) is 8.73. The second-order valence-electron chi connectivity index (χ2n) is 2.08. The maximum absolute atomic E-state index is 10.2. The van der Waals surface area contributed by atoms with E-state index in [4.69, 9.17) is 5.73 Å². The molecule has 0 saturated carbocycles. The van der Waals surface area contributed by atoms with E-state index < -0.39 is 12.0 Å². The van der Waals surface area contributed by atoms with E-state index in [0.717, 1.165) is 0 Å². The Hall–Kier alpha value is -0.420. The number of carboxylic acid groups (broad SMARTS) is 1. The van der Waals surface area contributed by atoms with Crippen molar-refractivity contribution < 1.29 is 39.5 Å². The summed E-state index contributed by atoms with van der Waals surface area (Å²) in [7, 11) is 0. The standard InChI is InChI=1S/C7H8N2O2.Na/c8-6(7(10)11)5-1-3-9-4-2-5;/h1-4,6H,8H2,(H,10,11);/q;+1/p-1. The van der Waals surface area contributed by atoms with E-state index in [1.807, 2.05) is 0 Å². The quantitative estimate of drug-likeness (QED) is 0.461. The van der Waals surface area contributed by atoms with Crippen molar-refractivity contribution in [1.82, 2.24) is 4.98 Å². The zero-order valence-electron chi connectivity index (χ0n) is 6.73. The average molecular weight is 174 g/mol. The van der Waals surface area contributed by atoms with Crippen molar-refractivity contribution in [3.63, 3.8) is 0 Å². The first-order valence-corrected chi connectivity index (χ1v) is 3.08. The summed E-state index contributed by atoms with van der Waals surface area (Å²) < 4.78 is 0. The molecule has 0 radical (unpaired) electrons. The summed E-state index contributed by atoms with van der Waals surface area (Å²) in [4.78, 5) is 14.0. The molecule has 2 N–H and O–H groups in total. The van der Waals surface area contributed by atoms with Crippen LogP contribution in [0.15, 0.2) is 24.5 Å². The molecule has 0 saturated heterocycles. The number of rotatable bonds is 2. The van der Waals surface area contributed by atoms with Gasteiger partial charge in [-0.05, 0) is 17.7 Å². The monoisotopic (exact) mass is 174 g/mol. The second-order valence-corrected chi connectivity index (χ2v) is 2.08. The normalized spacial score (nSPS) is 11.4. The SMILES string of the molecule is NC(C(=O)[O-])c1ccncc1.[Na+]. The number of carbonyl (C=O) groups is 1. The summed E-state index contributed by atoms with van der Waals surface area (Å²) in [5, 5.41) is 10.2. The minimum Gasteiger partial charge on any atom is -0.548 e. The predicted molar refractivity (Wildman–Crippen MR) is 36.2 cm³/mol. The van der Waals surface area contributed by atoms with Crippen molar-refractivity contribution in [2.45, 2.75) is 6.04 Å². The van der Waals surface area contributed by atoms with Gasteiger partial charge in [0.05, 0.1) is 12.0 Å². The molecule has 1 heterocycles. The maximum Gasteiger partial charge on any atom is 1.00 e. The Morgan fingerprint density at radius 3 is 2.42 bits per heavy atom. The van der Waals surface area contributed by atoms with Gasteiger partial charge in [0.25, 0.3) is 0 Å². The Morgan fingerprint density at radius 1 is 1.50 bits per heavy atom. The summed E-state index contributed by atoms with van der Waals surface area (Å²) in [6.07, 6.45) is 2.97. The topological polar surface area (TPSA) is 79.0 Å². The molecule has 1 aromatic heterocycles. The van der Waals surface area contributed by atoms with Gasteiger partial charge in [-0.25, -0.2) is 0 Å². The summed E-state index contributed by atoms with van der Waals surface area (Å²) in [6.45, 7) is 0. The molecule has 1 atom stereocenters. The minimum absolute atomic E-state index is 0. The van der Waals surface area contributed by atoms with E-state index in [1.54, 1.807) is 12.1 Å². The first kappa shape index (κ1) is 11.6. The number of hydrogen-bond donors (Lipinski definition) is 1. The summed E-state index contributed by atoms with van der Waals surface area (Å²) in [6, 6.07) is 2.03. The number of aromatic nitrogens is 1. The van der Waals surface area contributed by atoms with Crippen LogP contribution in [0.5, 0.6) is 0 Å². The fourth-order valence-electron chi connectivity index (χ4n) is 0.707. The molecule has 5 heteroatoms. The fourth-order valence-corrected chi connectivity index (χ4v) is 0.707. The number of hydrogen-bond acceptors (Lipinski definition) is 4. The van der Waals surface area contributed by atoms with Crippen LogP contribution in [-0.4, -0.2) is 11.0 Å². The molecule has 12 heavy (non-hydrogen) atoms. The van der Waals surface area contributed by atoms with Crippen LogP contribution >= 0.6 is 0 Å². The molecule has 0 spiro atoms. The number of aliphatic carboxylic acids is 1. The van der Waals surface area contributed by atoms with E-state index in [1.165, 1.54) is 12.4 Å². The van der Waals surface area contributed by atoms with Crippen molar-refractivity contribution in [3.05, 3.63) is 30.1 Å². The van der Waals surface area contributed by atoms with E-state index in [0.29, 0.717) is 5.56 Å². The molecule has 4 nitrogen and oxygen atoms in total. The van der Waals surface area contributed by atoms with Crippen LogP contribution in [-0.2, 0) is 4.79 Å². The Morgan fingerprint density at radius 2 is 2.00 bits per heavy atom. The molecule has 0 bridgehead atoms. The Kier molecular flexibility index (Phi) is 5.08. The summed E-state index contributed by atoms with van der Waals surface area (Å²) >= 11 is 0. The fraction of sp³-hybridized carbons (Fsp3) is 0.143. The van der Waals surface area contributed by atoms with Crippen LogP contribution in [0.3, 0.4) is 0 Å². The largest absolute Gasteiger partial charge is 1.00 e. The number of nitrogens with two attached hydrogens (primary N) is 1. The van der Waals surface area contributed by atoms with Gasteiger partial charge in [0.15, 0.2) is 0 Å². The van der Waals surface area contributed by atoms with Crippen LogP contribution in [0.1, 0.15) is 11.6 Å². The molecule has 1 rings (SSSR count). The molecule has 1 aromatic rings. The van der Waals surface area contributed by atoms with Gasteiger partial charge in [-0.1, -0.05) is 0 Å². The van der Waals surface area contributed by atoms with Crippen molar-refractivity contribution in [2.24, 2.45) is 5.73 Å². The average Bonchev–Trinajstić information content (AvgIpc) is 2.05.